The second-order valence-electron chi connectivity index (χ2n) is 7.00. The Bertz CT molecular complexity index is 1140. The normalized spacial score (nSPS) is 11.7. The van der Waals surface area contributed by atoms with Gasteiger partial charge in [0, 0.05) is 25.2 Å². The minimum Gasteiger partial charge on any atom is -0.303 e. The highest BCUT2D eigenvalue weighted by Crippen LogP contribution is 2.31. The summed E-state index contributed by atoms with van der Waals surface area (Å²) in [6, 6.07) is 22.7. The summed E-state index contributed by atoms with van der Waals surface area (Å²) in [6.07, 6.45) is 0. The molecule has 146 valence electrons. The van der Waals surface area contributed by atoms with Crippen molar-refractivity contribution < 1.29 is 0 Å². The van der Waals surface area contributed by atoms with Gasteiger partial charge in [-0.1, -0.05) is 72.0 Å². The maximum absolute atomic E-state index is 4.92. The van der Waals surface area contributed by atoms with Crippen molar-refractivity contribution >= 4 is 17.0 Å². The van der Waals surface area contributed by atoms with E-state index >= 15 is 0 Å². The van der Waals surface area contributed by atoms with Gasteiger partial charge in [0.15, 0.2) is 0 Å². The van der Waals surface area contributed by atoms with Gasteiger partial charge in [0.1, 0.15) is 0 Å². The van der Waals surface area contributed by atoms with E-state index in [0.29, 0.717) is 0 Å². The van der Waals surface area contributed by atoms with Crippen molar-refractivity contribution in [1.29, 1.82) is 0 Å². The van der Waals surface area contributed by atoms with Crippen LogP contribution in [-0.4, -0.2) is 39.6 Å². The minimum absolute atomic E-state index is 0.840. The lowest BCUT2D eigenvalue weighted by Gasteiger charge is -2.06. The van der Waals surface area contributed by atoms with Crippen LogP contribution in [0.25, 0.3) is 27.6 Å². The van der Waals surface area contributed by atoms with Crippen LogP contribution in [0.4, 0.5) is 0 Å². The van der Waals surface area contributed by atoms with Crippen LogP contribution in [0.1, 0.15) is 17.5 Å². The molecule has 4 rings (SSSR count). The molecule has 2 aromatic heterocycles. The Morgan fingerprint density at radius 1 is 0.966 bits per heavy atom. The van der Waals surface area contributed by atoms with E-state index in [1.807, 2.05) is 74.0 Å². The van der Waals surface area contributed by atoms with Crippen LogP contribution in [0.5, 0.6) is 0 Å². The fourth-order valence-corrected chi connectivity index (χ4v) is 4.22. The monoisotopic (exact) mass is 401 g/mol. The smallest absolute Gasteiger partial charge is 0.211 e. The Labute approximate surface area is 175 Å². The van der Waals surface area contributed by atoms with Crippen molar-refractivity contribution in [3.05, 3.63) is 77.3 Å². The predicted molar refractivity (Wildman–Crippen MR) is 121 cm³/mol. The quantitative estimate of drug-likeness (QED) is 0.339. The van der Waals surface area contributed by atoms with E-state index in [2.05, 4.69) is 35.4 Å². The summed E-state index contributed by atoms with van der Waals surface area (Å²) in [5, 5.41) is 12.1. The van der Waals surface area contributed by atoms with Crippen molar-refractivity contribution in [1.82, 2.24) is 19.8 Å². The molecule has 0 unspecified atom stereocenters. The number of aryl methyl sites for hydroxylation is 1. The minimum atomic E-state index is 0.840. The highest BCUT2D eigenvalue weighted by molar-refractivity contribution is 7.16. The highest BCUT2D eigenvalue weighted by Gasteiger charge is 2.18. The summed E-state index contributed by atoms with van der Waals surface area (Å²) in [6.45, 7) is 4.04. The van der Waals surface area contributed by atoms with Crippen molar-refractivity contribution in [2.45, 2.75) is 13.8 Å². The number of benzene rings is 2. The zero-order valence-corrected chi connectivity index (χ0v) is 17.8. The molecule has 0 amide bonds. The third kappa shape index (κ3) is 3.98. The highest BCUT2D eigenvalue weighted by atomic mass is 32.1. The van der Waals surface area contributed by atoms with Gasteiger partial charge in [-0.15, -0.1) is 0 Å². The van der Waals surface area contributed by atoms with E-state index in [1.54, 1.807) is 11.3 Å². The molecule has 0 aliphatic rings. The first kappa shape index (κ1) is 19.1. The van der Waals surface area contributed by atoms with Gasteiger partial charge in [-0.05, 0) is 19.9 Å². The average Bonchev–Trinajstić information content (AvgIpc) is 3.33. The summed E-state index contributed by atoms with van der Waals surface area (Å²) in [4.78, 5) is 5.90. The van der Waals surface area contributed by atoms with E-state index in [4.69, 9.17) is 10.1 Å². The van der Waals surface area contributed by atoms with Crippen LogP contribution in [0.3, 0.4) is 0 Å². The van der Waals surface area contributed by atoms with Crippen LogP contribution >= 0.6 is 11.3 Å². The first-order valence-electron chi connectivity index (χ1n) is 9.44. The van der Waals surface area contributed by atoms with Gasteiger partial charge in [-0.2, -0.15) is 10.2 Å². The molecule has 0 saturated carbocycles. The topological polar surface area (TPSA) is 46.3 Å². The molecule has 0 aliphatic heterocycles. The summed E-state index contributed by atoms with van der Waals surface area (Å²) in [7, 11) is 3.85. The molecule has 0 bridgehead atoms. The summed E-state index contributed by atoms with van der Waals surface area (Å²) in [5.74, 6) is 0. The molecule has 0 spiro atoms. The van der Waals surface area contributed by atoms with Crippen molar-refractivity contribution in [3.8, 4) is 27.6 Å². The van der Waals surface area contributed by atoms with Crippen molar-refractivity contribution in [2.75, 3.05) is 14.1 Å². The molecule has 0 saturated heterocycles. The number of nitrogens with zero attached hydrogens (tertiary/aromatic N) is 5. The molecule has 0 fully saturated rings. The van der Waals surface area contributed by atoms with Gasteiger partial charge < -0.3 is 5.01 Å². The second kappa shape index (κ2) is 8.01. The first-order valence-corrected chi connectivity index (χ1v) is 10.3. The number of thiazole rings is 1. The molecule has 0 radical (unpaired) electrons. The summed E-state index contributed by atoms with van der Waals surface area (Å²) in [5.41, 5.74) is 6.05. The molecule has 6 heteroatoms. The van der Waals surface area contributed by atoms with Crippen molar-refractivity contribution in [3.63, 3.8) is 0 Å². The second-order valence-corrected chi connectivity index (χ2v) is 7.98. The zero-order chi connectivity index (χ0) is 20.4. The third-order valence-corrected chi connectivity index (χ3v) is 5.74. The van der Waals surface area contributed by atoms with Crippen LogP contribution in [0.2, 0.25) is 0 Å². The Balaban J connectivity index is 1.86. The van der Waals surface area contributed by atoms with E-state index in [-0.39, 0.29) is 0 Å². The molecule has 0 N–H and O–H groups in total. The van der Waals surface area contributed by atoms with Gasteiger partial charge in [-0.25, -0.2) is 9.67 Å². The molecule has 2 heterocycles. The molecule has 29 heavy (non-hydrogen) atoms. The third-order valence-electron chi connectivity index (χ3n) is 4.49. The lowest BCUT2D eigenvalue weighted by Crippen LogP contribution is -2.07. The number of aromatic nitrogens is 3. The predicted octanol–water partition coefficient (Wildman–Crippen LogP) is 5.26. The fraction of sp³-hybridized carbons (Fsp3) is 0.174. The molecular weight excluding hydrogens is 378 g/mol. The van der Waals surface area contributed by atoms with E-state index in [0.717, 1.165) is 43.9 Å². The summed E-state index contributed by atoms with van der Waals surface area (Å²) < 4.78 is 1.95. The number of hydrogen-bond donors (Lipinski definition) is 0. The van der Waals surface area contributed by atoms with Gasteiger partial charge in [-0.3, -0.25) is 0 Å². The Kier molecular flexibility index (Phi) is 5.27. The SMILES string of the molecule is C/C(=N/N(C)C)c1sc(-n2nc(-c3ccccc3)cc2-c2ccccc2)nc1C. The van der Waals surface area contributed by atoms with Gasteiger partial charge >= 0.3 is 0 Å². The Morgan fingerprint density at radius 2 is 1.59 bits per heavy atom. The van der Waals surface area contributed by atoms with Crippen LogP contribution in [0.15, 0.2) is 71.8 Å². The van der Waals surface area contributed by atoms with Gasteiger partial charge in [0.05, 0.1) is 27.7 Å². The van der Waals surface area contributed by atoms with Crippen LogP contribution in [0, 0.1) is 6.92 Å². The van der Waals surface area contributed by atoms with Crippen LogP contribution in [-0.2, 0) is 0 Å². The number of hydrazone groups is 1. The maximum Gasteiger partial charge on any atom is 0.211 e. The van der Waals surface area contributed by atoms with Crippen LogP contribution < -0.4 is 0 Å². The molecule has 5 nitrogen and oxygen atoms in total. The largest absolute Gasteiger partial charge is 0.303 e. The number of hydrogen-bond acceptors (Lipinski definition) is 5. The lowest BCUT2D eigenvalue weighted by atomic mass is 10.1. The molecule has 4 aromatic rings. The standard InChI is InChI=1S/C23H23N5S/c1-16-22(17(2)25-27(3)4)29-23(24-16)28-21(19-13-9-6-10-14-19)15-20(26-28)18-11-7-5-8-12-18/h5-15H,1-4H3/b25-17-. The molecule has 2 aromatic carbocycles. The van der Waals surface area contributed by atoms with E-state index in [9.17, 15) is 0 Å². The van der Waals surface area contributed by atoms with Gasteiger partial charge in [0.25, 0.3) is 0 Å². The summed E-state index contributed by atoms with van der Waals surface area (Å²) >= 11 is 1.61. The lowest BCUT2D eigenvalue weighted by molar-refractivity contribution is 0.438. The number of rotatable bonds is 5. The first-order chi connectivity index (χ1) is 14.0. The maximum atomic E-state index is 4.92. The average molecular weight is 402 g/mol. The Morgan fingerprint density at radius 3 is 2.21 bits per heavy atom. The molecular formula is C23H23N5S. The zero-order valence-electron chi connectivity index (χ0n) is 17.0. The van der Waals surface area contributed by atoms with Crippen molar-refractivity contribution in [2.24, 2.45) is 5.10 Å². The fourth-order valence-electron chi connectivity index (χ4n) is 3.25. The van der Waals surface area contributed by atoms with Gasteiger partial charge in [0.2, 0.25) is 5.13 Å². The molecule has 0 atom stereocenters. The Hall–Kier alpha value is -3.25. The van der Waals surface area contributed by atoms with E-state index in [1.165, 1.54) is 0 Å². The molecule has 0 aliphatic carbocycles. The van der Waals surface area contributed by atoms with E-state index < -0.39 is 0 Å².